The number of aromatic nitrogens is 1. The molecular formula is C62H97N15O13. The maximum Gasteiger partial charge on any atom is 0.305 e. The Balaban J connectivity index is 2.11. The van der Waals surface area contributed by atoms with Gasteiger partial charge in [-0.05, 0) is 98.1 Å². The number of nitrogens with one attached hydrogen (secondary N) is 10. The van der Waals surface area contributed by atoms with Crippen LogP contribution in [0, 0.1) is 23.7 Å². The molecule has 10 amide bonds. The predicted molar refractivity (Wildman–Crippen MR) is 339 cm³/mol. The monoisotopic (exact) mass is 1260 g/mol. The number of para-hydroxylation sites is 1. The molecule has 3 rings (SSSR count). The third-order valence-corrected chi connectivity index (χ3v) is 15.7. The van der Waals surface area contributed by atoms with Crippen LogP contribution in [0.25, 0.3) is 10.9 Å². The number of guanidine groups is 1. The van der Waals surface area contributed by atoms with Crippen LogP contribution >= 0.6 is 0 Å². The van der Waals surface area contributed by atoms with Crippen LogP contribution in [0.15, 0.2) is 59.7 Å². The fourth-order valence-corrected chi connectivity index (χ4v) is 9.88. The first kappa shape index (κ1) is 75.4. The number of phenolic OH excluding ortho intramolecular Hbond substituents is 1. The number of amides is 10. The molecule has 0 saturated heterocycles. The second kappa shape index (κ2) is 37.9. The zero-order valence-corrected chi connectivity index (χ0v) is 53.2. The van der Waals surface area contributed by atoms with Crippen molar-refractivity contribution < 1.29 is 63.0 Å². The Kier molecular flexibility index (Phi) is 31.8. The van der Waals surface area contributed by atoms with Gasteiger partial charge in [0.2, 0.25) is 59.1 Å². The van der Waals surface area contributed by atoms with Crippen molar-refractivity contribution in [3.63, 3.8) is 0 Å². The SMILES string of the molecule is CC[C@H](C)[C@H](NC(=O)[C@H](CC(=O)O)NC(C)=O)C(=O)N[C@@H](Cc1ccc(O)cc1)C(=O)N[C@@H](CCCCN)C(=O)N[C@@H](CCCN=C(N)N)C(=O)N[C@@H](Cc1c[nH]c2ccccc12)C(=O)N[C@H](C(=O)N[C@H](C(=O)N[C@@H](CC(C)C)C(N)=O)[C@@H](C)CC)[C@@H](C)CC. The summed E-state index contributed by atoms with van der Waals surface area (Å²) in [6, 6.07) is 0.857. The lowest BCUT2D eigenvalue weighted by Gasteiger charge is -2.31. The first-order valence-electron chi connectivity index (χ1n) is 30.8. The third-order valence-electron chi connectivity index (χ3n) is 15.7. The van der Waals surface area contributed by atoms with Gasteiger partial charge in [-0.3, -0.25) is 57.7 Å². The zero-order chi connectivity index (χ0) is 67.4. The number of H-pyrrole nitrogens is 1. The summed E-state index contributed by atoms with van der Waals surface area (Å²) in [5, 5.41) is 44.5. The van der Waals surface area contributed by atoms with Crippen molar-refractivity contribution >= 4 is 81.9 Å². The van der Waals surface area contributed by atoms with E-state index in [1.54, 1.807) is 40.0 Å². The molecule has 0 spiro atoms. The van der Waals surface area contributed by atoms with Crippen molar-refractivity contribution in [3.05, 3.63) is 65.9 Å². The summed E-state index contributed by atoms with van der Waals surface area (Å²) in [5.74, 6) is -11.4. The van der Waals surface area contributed by atoms with E-state index < -0.39 is 144 Å². The third kappa shape index (κ3) is 25.0. The van der Waals surface area contributed by atoms with E-state index in [4.69, 9.17) is 22.9 Å². The van der Waals surface area contributed by atoms with E-state index in [0.29, 0.717) is 36.8 Å². The number of primary amides is 1. The van der Waals surface area contributed by atoms with Gasteiger partial charge in [0.1, 0.15) is 60.1 Å². The molecule has 0 unspecified atom stereocenters. The van der Waals surface area contributed by atoms with Gasteiger partial charge < -0.3 is 86.0 Å². The van der Waals surface area contributed by atoms with Gasteiger partial charge in [-0.1, -0.05) is 105 Å². The van der Waals surface area contributed by atoms with Crippen molar-refractivity contribution in [1.29, 1.82) is 0 Å². The molecule has 0 fully saturated rings. The van der Waals surface area contributed by atoms with E-state index >= 15 is 0 Å². The highest BCUT2D eigenvalue weighted by molar-refractivity contribution is 5.99. The van der Waals surface area contributed by atoms with Crippen LogP contribution in [-0.2, 0) is 65.6 Å². The molecule has 0 bridgehead atoms. The number of unbranched alkanes of at least 4 members (excludes halogenated alkanes) is 1. The van der Waals surface area contributed by atoms with Crippen LogP contribution in [0.3, 0.4) is 0 Å². The van der Waals surface area contributed by atoms with Crippen molar-refractivity contribution in [2.75, 3.05) is 13.1 Å². The number of aliphatic carboxylic acids is 1. The number of phenols is 1. The summed E-state index contributed by atoms with van der Waals surface area (Å²) in [6.45, 7) is 15.5. The van der Waals surface area contributed by atoms with Gasteiger partial charge >= 0.3 is 5.97 Å². The number of aliphatic imine (C=N–C) groups is 1. The topological polar surface area (TPSA) is 469 Å². The highest BCUT2D eigenvalue weighted by Crippen LogP contribution is 2.21. The molecule has 3 aromatic rings. The molecule has 12 atom stereocenters. The average Bonchev–Trinajstić information content (AvgIpc) is 3.07. The number of carbonyl (C=O) groups excluding carboxylic acids is 10. The number of aromatic hydroxyl groups is 1. The maximum absolute atomic E-state index is 15.0. The Morgan fingerprint density at radius 2 is 0.978 bits per heavy atom. The molecule has 1 heterocycles. The number of aromatic amines is 1. The molecule has 0 aliphatic carbocycles. The van der Waals surface area contributed by atoms with E-state index in [9.17, 15) is 63.0 Å². The van der Waals surface area contributed by atoms with E-state index in [2.05, 4.69) is 57.8 Å². The minimum Gasteiger partial charge on any atom is -0.508 e. The van der Waals surface area contributed by atoms with Crippen LogP contribution in [-0.4, -0.2) is 154 Å². The molecule has 28 heteroatoms. The summed E-state index contributed by atoms with van der Waals surface area (Å²) in [7, 11) is 0. The number of hydrogen-bond donors (Lipinski definition) is 16. The van der Waals surface area contributed by atoms with E-state index in [-0.39, 0.29) is 75.7 Å². The lowest BCUT2D eigenvalue weighted by atomic mass is 9.94. The molecule has 498 valence electrons. The summed E-state index contributed by atoms with van der Waals surface area (Å²) >= 11 is 0. The minimum atomic E-state index is -1.56. The highest BCUT2D eigenvalue weighted by Gasteiger charge is 2.38. The first-order valence-corrected chi connectivity index (χ1v) is 30.8. The number of nitrogens with two attached hydrogens (primary N) is 4. The fourth-order valence-electron chi connectivity index (χ4n) is 9.88. The van der Waals surface area contributed by atoms with E-state index in [0.717, 1.165) is 17.8 Å². The first-order chi connectivity index (χ1) is 42.5. The normalized spacial score (nSPS) is 15.2. The van der Waals surface area contributed by atoms with Crippen molar-refractivity contribution in [1.82, 2.24) is 52.8 Å². The summed E-state index contributed by atoms with van der Waals surface area (Å²) < 4.78 is 0. The lowest BCUT2D eigenvalue weighted by Crippen LogP contribution is -2.62. The molecule has 0 aliphatic heterocycles. The molecule has 0 radical (unpaired) electrons. The molecule has 20 N–H and O–H groups in total. The Labute approximate surface area is 525 Å². The Hall–Kier alpha value is -8.82. The fraction of sp³-hybridized carbons (Fsp3) is 0.581. The summed E-state index contributed by atoms with van der Waals surface area (Å²) in [4.78, 5) is 159. The van der Waals surface area contributed by atoms with Gasteiger partial charge in [0.25, 0.3) is 0 Å². The predicted octanol–water partition coefficient (Wildman–Crippen LogP) is 0.369. The van der Waals surface area contributed by atoms with Gasteiger partial charge in [-0.25, -0.2) is 0 Å². The number of fused-ring (bicyclic) bond motifs is 1. The Morgan fingerprint density at radius 1 is 0.533 bits per heavy atom. The molecule has 90 heavy (non-hydrogen) atoms. The summed E-state index contributed by atoms with van der Waals surface area (Å²) in [5.41, 5.74) is 24.6. The maximum atomic E-state index is 15.0. The van der Waals surface area contributed by atoms with Crippen molar-refractivity contribution in [3.8, 4) is 5.75 Å². The van der Waals surface area contributed by atoms with Crippen LogP contribution in [0.2, 0.25) is 0 Å². The number of carboxylic acids is 1. The number of rotatable bonds is 40. The number of nitrogens with zero attached hydrogens (tertiary/aromatic N) is 1. The van der Waals surface area contributed by atoms with Crippen molar-refractivity contribution in [2.45, 2.75) is 194 Å². The van der Waals surface area contributed by atoms with Gasteiger partial charge in [-0.15, -0.1) is 0 Å². The number of carbonyl (C=O) groups is 11. The van der Waals surface area contributed by atoms with Crippen LogP contribution in [0.1, 0.15) is 138 Å². The molecule has 0 saturated carbocycles. The van der Waals surface area contributed by atoms with Gasteiger partial charge in [0.05, 0.1) is 6.42 Å². The van der Waals surface area contributed by atoms with E-state index in [1.807, 2.05) is 45.9 Å². The van der Waals surface area contributed by atoms with E-state index in [1.165, 1.54) is 24.3 Å². The summed E-state index contributed by atoms with van der Waals surface area (Å²) in [6.07, 6.45) is 2.53. The van der Waals surface area contributed by atoms with Crippen LogP contribution in [0.4, 0.5) is 0 Å². The largest absolute Gasteiger partial charge is 0.508 e. The minimum absolute atomic E-state index is 0.00433. The standard InChI is InChI=1S/C62H97N15O13/c1-10-34(6)50(75-58(87)48(31-49(80)81)69-37(9)78)60(89)74-46(29-38-22-24-40(79)25-23-38)56(85)71-43(20-15-16-26-63)54(83)70-44(21-17-27-67-62(65)66)55(84)73-47(30-39-32-68-42-19-14-13-18-41(39)42)57(86)76-52(36(8)12-3)61(90)77-51(35(7)11-2)59(88)72-45(53(64)82)28-33(4)5/h13-14,18-19,22-25,32-36,43-48,50-52,68,79H,10-12,15-17,20-21,26-31,63H2,1-9H3,(H2,64,82)(H,69,78)(H,70,83)(H,71,85)(H,72,88)(H,73,84)(H,74,89)(H,75,87)(H,76,86)(H,77,90)(H,80,81)(H4,65,66,67)/t34-,35-,36-,43-,44-,45-,46-,47-,48-,50-,51-,52-/m0/s1. The molecule has 1 aromatic heterocycles. The molecule has 2 aromatic carbocycles. The van der Waals surface area contributed by atoms with Crippen molar-refractivity contribution in [2.24, 2.45) is 51.6 Å². The average molecular weight is 1260 g/mol. The van der Waals surface area contributed by atoms with Gasteiger partial charge in [-0.2, -0.15) is 0 Å². The number of carboxylic acid groups (broad SMARTS) is 1. The van der Waals surface area contributed by atoms with Gasteiger partial charge in [0, 0.05) is 43.4 Å². The number of benzene rings is 2. The molecule has 0 aliphatic rings. The molecular weight excluding hydrogens is 1160 g/mol. The number of hydrogen-bond acceptors (Lipinski definition) is 14. The Morgan fingerprint density at radius 3 is 1.47 bits per heavy atom. The Bertz CT molecular complexity index is 2920. The smallest absolute Gasteiger partial charge is 0.305 e. The lowest BCUT2D eigenvalue weighted by molar-refractivity contribution is -0.141. The second-order valence-electron chi connectivity index (χ2n) is 23.5. The zero-order valence-electron chi connectivity index (χ0n) is 53.2. The quantitative estimate of drug-likeness (QED) is 0.0208. The van der Waals surface area contributed by atoms with Crippen LogP contribution in [0.5, 0.6) is 5.75 Å². The van der Waals surface area contributed by atoms with Crippen LogP contribution < -0.4 is 70.8 Å². The van der Waals surface area contributed by atoms with Gasteiger partial charge in [0.15, 0.2) is 5.96 Å². The molecule has 28 nitrogen and oxygen atoms in total. The second-order valence-corrected chi connectivity index (χ2v) is 23.5. The highest BCUT2D eigenvalue weighted by atomic mass is 16.4.